The number of esters is 1. The highest BCUT2D eigenvalue weighted by Crippen LogP contribution is 2.31. The van der Waals surface area contributed by atoms with Crippen LogP contribution >= 0.6 is 0 Å². The molecule has 5 nitrogen and oxygen atoms in total. The average Bonchev–Trinajstić information content (AvgIpc) is 2.40. The van der Waals surface area contributed by atoms with Gasteiger partial charge in [-0.3, -0.25) is 4.79 Å². The van der Waals surface area contributed by atoms with Gasteiger partial charge in [-0.05, 0) is 46.2 Å². The summed E-state index contributed by atoms with van der Waals surface area (Å²) in [6, 6.07) is 3.31. The molecule has 0 aliphatic rings. The van der Waals surface area contributed by atoms with Crippen LogP contribution in [0.15, 0.2) is 12.1 Å². The summed E-state index contributed by atoms with van der Waals surface area (Å²) in [5.74, 6) is 0.364. The monoisotopic (exact) mass is 294 g/mol. The zero-order chi connectivity index (χ0) is 16.2. The largest absolute Gasteiger partial charge is 0.496 e. The number of hydrogen-bond donors (Lipinski definition) is 0. The normalized spacial score (nSPS) is 11.0. The maximum Gasteiger partial charge on any atom is 0.349 e. The van der Waals surface area contributed by atoms with Crippen molar-refractivity contribution in [1.29, 1.82) is 0 Å². The highest BCUT2D eigenvalue weighted by molar-refractivity contribution is 5.97. The minimum Gasteiger partial charge on any atom is -0.496 e. The molecule has 0 radical (unpaired) electrons. The molecule has 0 heterocycles. The van der Waals surface area contributed by atoms with Gasteiger partial charge >= 0.3 is 5.97 Å². The molecule has 21 heavy (non-hydrogen) atoms. The molecule has 116 valence electrons. The quantitative estimate of drug-likeness (QED) is 0.596. The summed E-state index contributed by atoms with van der Waals surface area (Å²) in [6.45, 7) is 8.58. The minimum absolute atomic E-state index is 0.0915. The Morgan fingerprint density at radius 3 is 2.29 bits per heavy atom. The lowest BCUT2D eigenvalue weighted by atomic mass is 10.1. The SMILES string of the molecule is CCOC(=O)C(C)(C)Oc1cc(OC)c(C(C)=O)cc1C. The van der Waals surface area contributed by atoms with Crippen LogP contribution in [0.5, 0.6) is 11.5 Å². The number of hydrogen-bond acceptors (Lipinski definition) is 5. The van der Waals surface area contributed by atoms with Crippen LogP contribution in [0.1, 0.15) is 43.6 Å². The second-order valence-electron chi connectivity index (χ2n) is 5.21. The van der Waals surface area contributed by atoms with Crippen LogP contribution in [0.4, 0.5) is 0 Å². The maximum atomic E-state index is 11.9. The van der Waals surface area contributed by atoms with Crippen molar-refractivity contribution >= 4 is 11.8 Å². The first kappa shape index (κ1) is 17.0. The lowest BCUT2D eigenvalue weighted by Gasteiger charge is -2.25. The molecule has 0 aromatic heterocycles. The third-order valence-electron chi connectivity index (χ3n) is 3.01. The van der Waals surface area contributed by atoms with Crippen LogP contribution in [0.25, 0.3) is 0 Å². The van der Waals surface area contributed by atoms with Gasteiger partial charge in [0.15, 0.2) is 11.4 Å². The van der Waals surface area contributed by atoms with E-state index in [1.807, 2.05) is 6.92 Å². The minimum atomic E-state index is -1.12. The van der Waals surface area contributed by atoms with Gasteiger partial charge in [0, 0.05) is 6.07 Å². The van der Waals surface area contributed by atoms with Crippen molar-refractivity contribution in [1.82, 2.24) is 0 Å². The van der Waals surface area contributed by atoms with Crippen LogP contribution in [0.3, 0.4) is 0 Å². The van der Waals surface area contributed by atoms with Crippen molar-refractivity contribution in [3.8, 4) is 11.5 Å². The van der Waals surface area contributed by atoms with Crippen LogP contribution in [-0.4, -0.2) is 31.1 Å². The van der Waals surface area contributed by atoms with Gasteiger partial charge < -0.3 is 14.2 Å². The van der Waals surface area contributed by atoms with Gasteiger partial charge in [-0.1, -0.05) is 0 Å². The van der Waals surface area contributed by atoms with Crippen molar-refractivity contribution in [2.24, 2.45) is 0 Å². The number of rotatable bonds is 6. The summed E-state index contributed by atoms with van der Waals surface area (Å²) >= 11 is 0. The standard InChI is InChI=1S/C16H22O5/c1-7-20-15(18)16(4,5)21-13-9-14(19-6)12(11(3)17)8-10(13)2/h8-9H,7H2,1-6H3. The first-order valence-electron chi connectivity index (χ1n) is 6.78. The summed E-state index contributed by atoms with van der Waals surface area (Å²) in [6.07, 6.45) is 0. The fourth-order valence-corrected chi connectivity index (χ4v) is 1.84. The van der Waals surface area contributed by atoms with E-state index in [4.69, 9.17) is 14.2 Å². The van der Waals surface area contributed by atoms with E-state index in [1.165, 1.54) is 14.0 Å². The highest BCUT2D eigenvalue weighted by Gasteiger charge is 2.32. The summed E-state index contributed by atoms with van der Waals surface area (Å²) in [4.78, 5) is 23.4. The molecule has 0 N–H and O–H groups in total. The molecule has 0 unspecified atom stereocenters. The Labute approximate surface area is 125 Å². The first-order valence-corrected chi connectivity index (χ1v) is 6.78. The van der Waals surface area contributed by atoms with E-state index < -0.39 is 11.6 Å². The summed E-state index contributed by atoms with van der Waals surface area (Å²) in [7, 11) is 1.48. The molecular weight excluding hydrogens is 272 g/mol. The van der Waals surface area contributed by atoms with Gasteiger partial charge in [0.2, 0.25) is 0 Å². The molecule has 1 aromatic carbocycles. The van der Waals surface area contributed by atoms with Crippen LogP contribution < -0.4 is 9.47 Å². The zero-order valence-corrected chi connectivity index (χ0v) is 13.4. The average molecular weight is 294 g/mol. The Hall–Kier alpha value is -2.04. The topological polar surface area (TPSA) is 61.8 Å². The van der Waals surface area contributed by atoms with Crippen molar-refractivity contribution in [3.05, 3.63) is 23.3 Å². The molecule has 0 aliphatic heterocycles. The Balaban J connectivity index is 3.15. The third kappa shape index (κ3) is 3.97. The summed E-state index contributed by atoms with van der Waals surface area (Å²) in [5.41, 5.74) is 0.110. The van der Waals surface area contributed by atoms with Crippen LogP contribution in [-0.2, 0) is 9.53 Å². The molecule has 0 amide bonds. The van der Waals surface area contributed by atoms with Gasteiger partial charge in [0.25, 0.3) is 0 Å². The van der Waals surface area contributed by atoms with Gasteiger partial charge in [-0.15, -0.1) is 0 Å². The lowest BCUT2D eigenvalue weighted by Crippen LogP contribution is -2.39. The first-order chi connectivity index (χ1) is 9.72. The molecule has 1 aromatic rings. The molecule has 0 fully saturated rings. The Bertz CT molecular complexity index is 546. The fraction of sp³-hybridized carbons (Fsp3) is 0.500. The van der Waals surface area contributed by atoms with Crippen molar-refractivity contribution < 1.29 is 23.8 Å². The predicted octanol–water partition coefficient (Wildman–Crippen LogP) is 2.93. The molecule has 5 heteroatoms. The Morgan fingerprint density at radius 1 is 1.19 bits per heavy atom. The van der Waals surface area contributed by atoms with E-state index in [0.29, 0.717) is 17.1 Å². The van der Waals surface area contributed by atoms with E-state index in [9.17, 15) is 9.59 Å². The molecule has 0 saturated heterocycles. The lowest BCUT2D eigenvalue weighted by molar-refractivity contribution is -0.158. The molecule has 0 atom stereocenters. The number of carbonyl (C=O) groups is 2. The van der Waals surface area contributed by atoms with Gasteiger partial charge in [0.05, 0.1) is 19.3 Å². The van der Waals surface area contributed by atoms with Crippen molar-refractivity contribution in [2.75, 3.05) is 13.7 Å². The smallest absolute Gasteiger partial charge is 0.349 e. The molecule has 1 rings (SSSR count). The number of ketones is 1. The number of aryl methyl sites for hydroxylation is 1. The zero-order valence-electron chi connectivity index (χ0n) is 13.4. The molecule has 0 bridgehead atoms. The molecular formula is C16H22O5. The fourth-order valence-electron chi connectivity index (χ4n) is 1.84. The summed E-state index contributed by atoms with van der Waals surface area (Å²) < 4.78 is 16.0. The van der Waals surface area contributed by atoms with Gasteiger partial charge in [0.1, 0.15) is 11.5 Å². The number of carbonyl (C=O) groups excluding carboxylic acids is 2. The van der Waals surface area contributed by atoms with Gasteiger partial charge in [-0.2, -0.15) is 0 Å². The van der Waals surface area contributed by atoms with E-state index in [-0.39, 0.29) is 12.4 Å². The number of ether oxygens (including phenoxy) is 3. The van der Waals surface area contributed by atoms with Crippen LogP contribution in [0, 0.1) is 6.92 Å². The van der Waals surface area contributed by atoms with E-state index >= 15 is 0 Å². The molecule has 0 aliphatic carbocycles. The number of Topliss-reactive ketones (excluding diaryl/α,β-unsaturated/α-hetero) is 1. The van der Waals surface area contributed by atoms with Crippen molar-refractivity contribution in [3.63, 3.8) is 0 Å². The van der Waals surface area contributed by atoms with Crippen molar-refractivity contribution in [2.45, 2.75) is 40.2 Å². The van der Waals surface area contributed by atoms with E-state index in [2.05, 4.69) is 0 Å². The predicted molar refractivity (Wildman–Crippen MR) is 79.1 cm³/mol. The second-order valence-corrected chi connectivity index (χ2v) is 5.21. The van der Waals surface area contributed by atoms with E-state index in [1.54, 1.807) is 32.9 Å². The van der Waals surface area contributed by atoms with E-state index in [0.717, 1.165) is 5.56 Å². The number of benzene rings is 1. The van der Waals surface area contributed by atoms with Crippen LogP contribution in [0.2, 0.25) is 0 Å². The summed E-state index contributed by atoms with van der Waals surface area (Å²) in [5, 5.41) is 0. The Morgan fingerprint density at radius 2 is 1.81 bits per heavy atom. The maximum absolute atomic E-state index is 11.9. The molecule has 0 spiro atoms. The number of methoxy groups -OCH3 is 1. The second kappa shape index (κ2) is 6.61. The molecule has 0 saturated carbocycles. The third-order valence-corrected chi connectivity index (χ3v) is 3.01. The highest BCUT2D eigenvalue weighted by atomic mass is 16.6. The van der Waals surface area contributed by atoms with Gasteiger partial charge in [-0.25, -0.2) is 4.79 Å². The Kier molecular flexibility index (Phi) is 5.35.